The van der Waals surface area contributed by atoms with Gasteiger partial charge in [-0.15, -0.1) is 10.2 Å². The molecule has 1 heterocycles. The van der Waals surface area contributed by atoms with Crippen LogP contribution in [0.1, 0.15) is 42.9 Å². The highest BCUT2D eigenvalue weighted by molar-refractivity contribution is 7.87. The molecule has 7 heteroatoms. The summed E-state index contributed by atoms with van der Waals surface area (Å²) in [6.07, 6.45) is 2.80. The highest BCUT2D eigenvalue weighted by Crippen LogP contribution is 2.14. The first-order chi connectivity index (χ1) is 8.19. The predicted octanol–water partition coefficient (Wildman–Crippen LogP) is 1.59. The van der Waals surface area contributed by atoms with Crippen LogP contribution in [0.2, 0.25) is 0 Å². The molecule has 1 N–H and O–H groups in total. The Morgan fingerprint density at radius 1 is 1.35 bits per heavy atom. The fourth-order valence-corrected chi connectivity index (χ4v) is 3.15. The summed E-state index contributed by atoms with van der Waals surface area (Å²) in [6, 6.07) is 0. The lowest BCUT2D eigenvalue weighted by atomic mass is 10.3. The Hall–Kier alpha value is -0.820. The Morgan fingerprint density at radius 3 is 2.76 bits per heavy atom. The largest absolute Gasteiger partial charge is 0.350 e. The minimum Gasteiger partial charge on any atom is -0.350 e. The van der Waals surface area contributed by atoms with Crippen LogP contribution in [0.3, 0.4) is 0 Å². The van der Waals surface area contributed by atoms with Gasteiger partial charge in [-0.25, -0.2) is 0 Å². The molecule has 0 fully saturated rings. The number of aromatic nitrogens is 2. The van der Waals surface area contributed by atoms with Crippen molar-refractivity contribution >= 4 is 28.0 Å². The van der Waals surface area contributed by atoms with Gasteiger partial charge < -0.3 is 5.32 Å². The average molecular weight is 275 g/mol. The van der Waals surface area contributed by atoms with Gasteiger partial charge in [0.25, 0.3) is 5.91 Å². The summed E-state index contributed by atoms with van der Waals surface area (Å²) in [6.45, 7) is 4.66. The zero-order chi connectivity index (χ0) is 12.7. The summed E-state index contributed by atoms with van der Waals surface area (Å²) < 4.78 is 12.1. The second-order valence-electron chi connectivity index (χ2n) is 3.53. The Bertz CT molecular complexity index is 393. The Morgan fingerprint density at radius 2 is 2.12 bits per heavy atom. The van der Waals surface area contributed by atoms with E-state index in [0.29, 0.717) is 21.6 Å². The molecule has 0 saturated carbocycles. The summed E-state index contributed by atoms with van der Waals surface area (Å²) in [5, 5.41) is 10.6. The van der Waals surface area contributed by atoms with Crippen molar-refractivity contribution in [2.24, 2.45) is 0 Å². The highest BCUT2D eigenvalue weighted by Gasteiger charge is 2.15. The highest BCUT2D eigenvalue weighted by atomic mass is 32.2. The summed E-state index contributed by atoms with van der Waals surface area (Å²) >= 11 is 1.11. The van der Waals surface area contributed by atoms with Crippen LogP contribution >= 0.6 is 11.3 Å². The molecular weight excluding hydrogens is 258 g/mol. The first-order valence-corrected chi connectivity index (χ1v) is 7.82. The third-order valence-electron chi connectivity index (χ3n) is 2.00. The van der Waals surface area contributed by atoms with Crippen molar-refractivity contribution in [3.63, 3.8) is 0 Å². The Balaban J connectivity index is 2.55. The first-order valence-electron chi connectivity index (χ1n) is 5.69. The van der Waals surface area contributed by atoms with Crippen LogP contribution < -0.4 is 5.32 Å². The van der Waals surface area contributed by atoms with Crippen LogP contribution in [-0.2, 0) is 10.8 Å². The maximum absolute atomic E-state index is 11.6. The quantitative estimate of drug-likeness (QED) is 0.767. The maximum atomic E-state index is 11.6. The topological polar surface area (TPSA) is 72.0 Å². The average Bonchev–Trinajstić information content (AvgIpc) is 2.79. The van der Waals surface area contributed by atoms with Crippen LogP contribution in [-0.4, -0.2) is 32.6 Å². The van der Waals surface area contributed by atoms with Crippen LogP contribution in [0.4, 0.5) is 0 Å². The van der Waals surface area contributed by atoms with Crippen molar-refractivity contribution in [2.75, 3.05) is 12.3 Å². The first kappa shape index (κ1) is 14.2. The van der Waals surface area contributed by atoms with Crippen molar-refractivity contribution < 1.29 is 9.00 Å². The molecule has 17 heavy (non-hydrogen) atoms. The molecule has 1 atom stereocenters. The molecule has 0 saturated heterocycles. The molecule has 96 valence electrons. The van der Waals surface area contributed by atoms with E-state index in [1.165, 1.54) is 0 Å². The molecule has 1 unspecified atom stereocenters. The Kier molecular flexibility index (Phi) is 6.28. The number of carbonyl (C=O) groups is 1. The minimum atomic E-state index is -1.12. The fraction of sp³-hybridized carbons (Fsp3) is 0.700. The normalized spacial score (nSPS) is 12.4. The lowest BCUT2D eigenvalue weighted by Crippen LogP contribution is -2.24. The Labute approximate surface area is 107 Å². The van der Waals surface area contributed by atoms with Crippen molar-refractivity contribution in [3.05, 3.63) is 5.01 Å². The number of amides is 1. The summed E-state index contributed by atoms with van der Waals surface area (Å²) in [5.74, 6) is 0.335. The number of hydrogen-bond donors (Lipinski definition) is 1. The molecule has 5 nitrogen and oxygen atoms in total. The molecule has 0 bridgehead atoms. The molecule has 0 radical (unpaired) electrons. The van der Waals surface area contributed by atoms with E-state index < -0.39 is 10.8 Å². The minimum absolute atomic E-state index is 0.226. The third kappa shape index (κ3) is 4.51. The number of nitrogens with one attached hydrogen (secondary N) is 1. The molecule has 0 aromatic carbocycles. The molecule has 1 aromatic rings. The number of carbonyl (C=O) groups excluding carboxylic acids is 1. The number of unbranched alkanes of at least 4 members (excludes halogenated alkanes) is 1. The monoisotopic (exact) mass is 275 g/mol. The van der Waals surface area contributed by atoms with E-state index in [-0.39, 0.29) is 5.91 Å². The van der Waals surface area contributed by atoms with E-state index in [9.17, 15) is 9.00 Å². The van der Waals surface area contributed by atoms with Crippen molar-refractivity contribution in [1.82, 2.24) is 15.5 Å². The SMILES string of the molecule is CCCCNC(=O)c1nnc(S(=O)CCC)s1. The van der Waals surface area contributed by atoms with Gasteiger partial charge in [0.1, 0.15) is 0 Å². The smallest absolute Gasteiger partial charge is 0.282 e. The van der Waals surface area contributed by atoms with E-state index in [1.807, 2.05) is 6.92 Å². The zero-order valence-corrected chi connectivity index (χ0v) is 11.7. The fourth-order valence-electron chi connectivity index (χ4n) is 1.12. The second kappa shape index (κ2) is 7.50. The zero-order valence-electron chi connectivity index (χ0n) is 10.1. The van der Waals surface area contributed by atoms with E-state index in [1.54, 1.807) is 0 Å². The van der Waals surface area contributed by atoms with Crippen molar-refractivity contribution in [2.45, 2.75) is 37.4 Å². The van der Waals surface area contributed by atoms with Gasteiger partial charge in [-0.3, -0.25) is 9.00 Å². The van der Waals surface area contributed by atoms with Crippen molar-refractivity contribution in [1.29, 1.82) is 0 Å². The van der Waals surface area contributed by atoms with E-state index in [2.05, 4.69) is 22.4 Å². The van der Waals surface area contributed by atoms with Gasteiger partial charge in [-0.1, -0.05) is 31.6 Å². The second-order valence-corrected chi connectivity index (χ2v) is 6.25. The predicted molar refractivity (Wildman–Crippen MR) is 68.7 cm³/mol. The van der Waals surface area contributed by atoms with Crippen LogP contribution in [0.5, 0.6) is 0 Å². The van der Waals surface area contributed by atoms with Crippen LogP contribution in [0.15, 0.2) is 4.34 Å². The van der Waals surface area contributed by atoms with Crippen molar-refractivity contribution in [3.8, 4) is 0 Å². The van der Waals surface area contributed by atoms with Gasteiger partial charge in [0.05, 0.1) is 10.8 Å². The standard InChI is InChI=1S/C10H17N3O2S2/c1-3-5-6-11-8(14)9-12-13-10(16-9)17(15)7-4-2/h3-7H2,1-2H3,(H,11,14). The summed E-state index contributed by atoms with van der Waals surface area (Å²) in [7, 11) is -1.12. The van der Waals surface area contributed by atoms with Gasteiger partial charge in [-0.2, -0.15) is 0 Å². The van der Waals surface area contributed by atoms with Crippen LogP contribution in [0, 0.1) is 0 Å². The molecule has 0 aliphatic carbocycles. The van der Waals surface area contributed by atoms with Gasteiger partial charge in [0.15, 0.2) is 0 Å². The van der Waals surface area contributed by atoms with E-state index >= 15 is 0 Å². The van der Waals surface area contributed by atoms with Gasteiger partial charge in [0, 0.05) is 12.3 Å². The van der Waals surface area contributed by atoms with Crippen LogP contribution in [0.25, 0.3) is 0 Å². The lowest BCUT2D eigenvalue weighted by molar-refractivity contribution is 0.0952. The van der Waals surface area contributed by atoms with E-state index in [4.69, 9.17) is 0 Å². The molecule has 0 aliphatic heterocycles. The number of rotatable bonds is 7. The summed E-state index contributed by atoms with van der Waals surface area (Å²) in [5.41, 5.74) is 0. The van der Waals surface area contributed by atoms with Gasteiger partial charge in [-0.05, 0) is 12.8 Å². The van der Waals surface area contributed by atoms with Gasteiger partial charge >= 0.3 is 0 Å². The molecule has 0 spiro atoms. The molecule has 1 amide bonds. The molecule has 0 aliphatic rings. The van der Waals surface area contributed by atoms with E-state index in [0.717, 1.165) is 30.6 Å². The number of nitrogens with zero attached hydrogens (tertiary/aromatic N) is 2. The molecule has 1 rings (SSSR count). The lowest BCUT2D eigenvalue weighted by Gasteiger charge is -1.99. The molecule has 1 aromatic heterocycles. The van der Waals surface area contributed by atoms with Gasteiger partial charge in [0.2, 0.25) is 9.35 Å². The molecular formula is C10H17N3O2S2. The maximum Gasteiger partial charge on any atom is 0.282 e. The summed E-state index contributed by atoms with van der Waals surface area (Å²) in [4.78, 5) is 11.6. The third-order valence-corrected chi connectivity index (χ3v) is 4.78. The number of hydrogen-bond acceptors (Lipinski definition) is 5.